The van der Waals surface area contributed by atoms with Crippen molar-refractivity contribution in [1.29, 1.82) is 0 Å². The van der Waals surface area contributed by atoms with E-state index in [9.17, 15) is 9.59 Å². The predicted molar refractivity (Wildman–Crippen MR) is 141 cm³/mol. The van der Waals surface area contributed by atoms with Gasteiger partial charge in [0, 0.05) is 18.0 Å². The van der Waals surface area contributed by atoms with Gasteiger partial charge >= 0.3 is 12.2 Å². The Hall–Kier alpha value is -3.22. The van der Waals surface area contributed by atoms with Crippen LogP contribution in [0.5, 0.6) is 5.75 Å². The van der Waals surface area contributed by atoms with Crippen LogP contribution in [0.4, 0.5) is 9.59 Å². The van der Waals surface area contributed by atoms with Gasteiger partial charge in [0.25, 0.3) is 0 Å². The molecule has 6 rings (SSSR count). The number of carbonyl (C=O) groups excluding carboxylic acids is 2. The molecule has 1 saturated heterocycles. The first-order chi connectivity index (χ1) is 18.6. The first-order valence-corrected chi connectivity index (χ1v) is 14.2. The molecule has 3 fully saturated rings. The van der Waals surface area contributed by atoms with Crippen molar-refractivity contribution in [1.82, 2.24) is 4.90 Å². The van der Waals surface area contributed by atoms with Gasteiger partial charge in [0.15, 0.2) is 0 Å². The van der Waals surface area contributed by atoms with Crippen molar-refractivity contribution in [3.05, 3.63) is 65.2 Å². The van der Waals surface area contributed by atoms with Crippen LogP contribution >= 0.6 is 0 Å². The standard InChI is InChI=1S/C31H37NO6/c33-29(35-20-22-8-2-1-3-9-22)32-17-16-31-15-7-6-12-26(31)28(32)18-23-13-14-25(19-27(23)31)36-21-37-30(34)38-24-10-4-5-11-24/h1-3,8-9,13-14,19,24,26,28H,4-7,10-12,15-18,20-21H2/t26-,28+,31+/m1/s1. The molecule has 1 aliphatic heterocycles. The highest BCUT2D eigenvalue weighted by Gasteiger charge is 2.55. The van der Waals surface area contributed by atoms with Crippen LogP contribution in [0.15, 0.2) is 48.5 Å². The van der Waals surface area contributed by atoms with Crippen molar-refractivity contribution in [3.8, 4) is 5.75 Å². The van der Waals surface area contributed by atoms with Crippen LogP contribution in [0.25, 0.3) is 0 Å². The van der Waals surface area contributed by atoms with Gasteiger partial charge in [0.2, 0.25) is 6.79 Å². The molecule has 3 atom stereocenters. The molecule has 4 aliphatic rings. The summed E-state index contributed by atoms with van der Waals surface area (Å²) < 4.78 is 22.2. The van der Waals surface area contributed by atoms with Gasteiger partial charge in [-0.05, 0) is 86.1 Å². The minimum absolute atomic E-state index is 0.0250. The second-order valence-electron chi connectivity index (χ2n) is 11.3. The van der Waals surface area contributed by atoms with E-state index in [0.717, 1.165) is 56.9 Å². The highest BCUT2D eigenvalue weighted by atomic mass is 16.8. The summed E-state index contributed by atoms with van der Waals surface area (Å²) in [6, 6.07) is 16.2. The second-order valence-corrected chi connectivity index (χ2v) is 11.3. The molecule has 0 aromatic heterocycles. The van der Waals surface area contributed by atoms with E-state index in [4.69, 9.17) is 18.9 Å². The number of hydrogen-bond donors (Lipinski definition) is 0. The Labute approximate surface area is 224 Å². The van der Waals surface area contributed by atoms with Crippen molar-refractivity contribution < 1.29 is 28.5 Å². The van der Waals surface area contributed by atoms with E-state index >= 15 is 0 Å². The number of nitrogens with zero attached hydrogens (tertiary/aromatic N) is 1. The Balaban J connectivity index is 1.13. The van der Waals surface area contributed by atoms with Crippen molar-refractivity contribution in [2.45, 2.75) is 88.4 Å². The van der Waals surface area contributed by atoms with Gasteiger partial charge < -0.3 is 23.8 Å². The lowest BCUT2D eigenvalue weighted by Crippen LogP contribution is -2.62. The minimum atomic E-state index is -0.657. The number of fused-ring (bicyclic) bond motifs is 1. The summed E-state index contributed by atoms with van der Waals surface area (Å²) in [5, 5.41) is 0. The molecule has 0 N–H and O–H groups in total. The predicted octanol–water partition coefficient (Wildman–Crippen LogP) is 6.51. The number of benzene rings is 2. The molecule has 7 heteroatoms. The summed E-state index contributed by atoms with van der Waals surface area (Å²) in [5.74, 6) is 1.12. The number of hydrogen-bond acceptors (Lipinski definition) is 6. The fourth-order valence-corrected chi connectivity index (χ4v) is 7.42. The molecular weight excluding hydrogens is 482 g/mol. The zero-order chi connectivity index (χ0) is 26.0. The Kier molecular flexibility index (Phi) is 7.18. The second kappa shape index (κ2) is 10.9. The maximum atomic E-state index is 13.2. The van der Waals surface area contributed by atoms with Crippen molar-refractivity contribution in [3.63, 3.8) is 0 Å². The number of rotatable bonds is 6. The quantitative estimate of drug-likeness (QED) is 0.320. The third kappa shape index (κ3) is 4.95. The molecule has 202 valence electrons. The fraction of sp³-hybridized carbons (Fsp3) is 0.548. The molecular formula is C31H37NO6. The Morgan fingerprint density at radius 2 is 1.74 bits per heavy atom. The van der Waals surface area contributed by atoms with Gasteiger partial charge in [0.1, 0.15) is 18.5 Å². The molecule has 0 radical (unpaired) electrons. The topological polar surface area (TPSA) is 74.3 Å². The third-order valence-corrected chi connectivity index (χ3v) is 9.22. The van der Waals surface area contributed by atoms with Gasteiger partial charge in [-0.1, -0.05) is 49.2 Å². The van der Waals surface area contributed by atoms with E-state index < -0.39 is 6.16 Å². The molecule has 2 saturated carbocycles. The van der Waals surface area contributed by atoms with Crippen LogP contribution in [0.2, 0.25) is 0 Å². The van der Waals surface area contributed by atoms with Crippen LogP contribution in [0.1, 0.15) is 74.5 Å². The first-order valence-electron chi connectivity index (χ1n) is 14.2. The largest absolute Gasteiger partial charge is 0.511 e. The van der Waals surface area contributed by atoms with E-state index in [1.165, 1.54) is 24.0 Å². The molecule has 0 unspecified atom stereocenters. The zero-order valence-electron chi connectivity index (χ0n) is 21.9. The summed E-state index contributed by atoms with van der Waals surface area (Å²) in [7, 11) is 0. The van der Waals surface area contributed by atoms with E-state index in [1.54, 1.807) is 0 Å². The highest BCUT2D eigenvalue weighted by Crippen LogP contribution is 2.56. The lowest BCUT2D eigenvalue weighted by atomic mass is 9.52. The molecule has 1 heterocycles. The molecule has 2 bridgehead atoms. The maximum absolute atomic E-state index is 13.2. The Morgan fingerprint density at radius 3 is 2.58 bits per heavy atom. The summed E-state index contributed by atoms with van der Waals surface area (Å²) in [5.41, 5.74) is 3.68. The smallest absolute Gasteiger partial charge is 0.457 e. The van der Waals surface area contributed by atoms with E-state index in [1.807, 2.05) is 41.3 Å². The summed E-state index contributed by atoms with van der Waals surface area (Å²) in [4.78, 5) is 27.2. The summed E-state index contributed by atoms with van der Waals surface area (Å²) >= 11 is 0. The van der Waals surface area contributed by atoms with E-state index in [-0.39, 0.29) is 30.4 Å². The lowest BCUT2D eigenvalue weighted by molar-refractivity contribution is -0.0170. The number of likely N-dealkylation sites (tertiary alicyclic amines) is 1. The van der Waals surface area contributed by atoms with Crippen LogP contribution in [0.3, 0.4) is 0 Å². The Morgan fingerprint density at radius 1 is 0.921 bits per heavy atom. The SMILES string of the molecule is O=C(OCOc1ccc2c(c1)[C@]13CCCC[C@@H]1[C@H](C2)N(C(=O)OCc1ccccc1)CC3)OC1CCCC1. The van der Waals surface area contributed by atoms with Crippen molar-refractivity contribution in [2.24, 2.45) is 5.92 Å². The zero-order valence-corrected chi connectivity index (χ0v) is 21.9. The molecule has 2 aromatic rings. The maximum Gasteiger partial charge on any atom is 0.511 e. The van der Waals surface area contributed by atoms with Gasteiger partial charge in [-0.15, -0.1) is 0 Å². The van der Waals surface area contributed by atoms with Gasteiger partial charge in [-0.2, -0.15) is 0 Å². The number of carbonyl (C=O) groups is 2. The van der Waals surface area contributed by atoms with Gasteiger partial charge in [-0.25, -0.2) is 9.59 Å². The van der Waals surface area contributed by atoms with E-state index in [2.05, 4.69) is 12.1 Å². The normalized spacial score (nSPS) is 26.2. The average Bonchev–Trinajstić information content (AvgIpc) is 3.45. The summed E-state index contributed by atoms with van der Waals surface area (Å²) in [6.07, 6.45) is 9.51. The number of amides is 1. The molecule has 1 amide bonds. The highest BCUT2D eigenvalue weighted by molar-refractivity contribution is 5.69. The molecule has 38 heavy (non-hydrogen) atoms. The fourth-order valence-electron chi connectivity index (χ4n) is 7.42. The first kappa shape index (κ1) is 25.1. The van der Waals surface area contributed by atoms with Crippen LogP contribution in [0, 0.1) is 5.92 Å². The average molecular weight is 520 g/mol. The molecule has 3 aliphatic carbocycles. The molecule has 0 spiro atoms. The Bertz CT molecular complexity index is 1150. The molecule has 7 nitrogen and oxygen atoms in total. The number of ether oxygens (including phenoxy) is 4. The van der Waals surface area contributed by atoms with Crippen molar-refractivity contribution >= 4 is 12.2 Å². The minimum Gasteiger partial charge on any atom is -0.457 e. The lowest BCUT2D eigenvalue weighted by Gasteiger charge is -2.58. The van der Waals surface area contributed by atoms with Crippen LogP contribution < -0.4 is 4.74 Å². The van der Waals surface area contributed by atoms with Crippen LogP contribution in [-0.2, 0) is 32.7 Å². The third-order valence-electron chi connectivity index (χ3n) is 9.22. The molecule has 2 aromatic carbocycles. The van der Waals surface area contributed by atoms with Gasteiger partial charge in [-0.3, -0.25) is 0 Å². The number of piperidine rings is 1. The van der Waals surface area contributed by atoms with Crippen molar-refractivity contribution in [2.75, 3.05) is 13.3 Å². The van der Waals surface area contributed by atoms with Gasteiger partial charge in [0.05, 0.1) is 0 Å². The van der Waals surface area contributed by atoms with E-state index in [0.29, 0.717) is 24.8 Å². The monoisotopic (exact) mass is 519 g/mol. The van der Waals surface area contributed by atoms with Crippen LogP contribution in [-0.4, -0.2) is 42.6 Å². The summed E-state index contributed by atoms with van der Waals surface area (Å²) in [6.45, 7) is 0.839.